The van der Waals surface area contributed by atoms with Crippen molar-refractivity contribution >= 4 is 0 Å². The minimum Gasteiger partial charge on any atom is -0.318 e. The maximum atomic E-state index is 9.05. The molecule has 2 saturated carbocycles. The van der Waals surface area contributed by atoms with Crippen LogP contribution < -0.4 is 10.6 Å². The van der Waals surface area contributed by atoms with E-state index < -0.39 is 0 Å². The molecule has 2 aliphatic carbocycles. The van der Waals surface area contributed by atoms with E-state index in [1.54, 1.807) is 0 Å². The van der Waals surface area contributed by atoms with Crippen molar-refractivity contribution in [1.29, 1.82) is 5.26 Å². The van der Waals surface area contributed by atoms with Gasteiger partial charge in [0.05, 0.1) is 11.6 Å². The average molecular weight is 269 g/mol. The summed E-state index contributed by atoms with van der Waals surface area (Å²) >= 11 is 0. The van der Waals surface area contributed by atoms with Crippen LogP contribution in [0.3, 0.4) is 0 Å². The topological polar surface area (TPSA) is 47.8 Å². The Hall–Kier alpha value is -1.37. The maximum Gasteiger partial charge on any atom is 0.0991 e. The molecule has 2 N–H and O–H groups in total. The van der Waals surface area contributed by atoms with Crippen LogP contribution in [0.4, 0.5) is 0 Å². The van der Waals surface area contributed by atoms with E-state index in [2.05, 4.69) is 28.8 Å². The third-order valence-corrected chi connectivity index (χ3v) is 5.11. The molecule has 0 aliphatic heterocycles. The van der Waals surface area contributed by atoms with Gasteiger partial charge in [-0.2, -0.15) is 5.26 Å². The molecule has 0 spiro atoms. The summed E-state index contributed by atoms with van der Waals surface area (Å²) in [5.74, 6) is 0.817. The number of nitrogens with zero attached hydrogens (tertiary/aromatic N) is 1. The zero-order valence-electron chi connectivity index (χ0n) is 12.2. The Balaban J connectivity index is 1.63. The molecule has 3 unspecified atom stereocenters. The third-order valence-electron chi connectivity index (χ3n) is 5.11. The summed E-state index contributed by atoms with van der Waals surface area (Å²) in [6.07, 6.45) is 5.13. The van der Waals surface area contributed by atoms with Gasteiger partial charge in [0.1, 0.15) is 0 Å². The Bertz CT molecular complexity index is 519. The Labute approximate surface area is 121 Å². The zero-order valence-corrected chi connectivity index (χ0v) is 12.2. The molecule has 3 nitrogen and oxygen atoms in total. The normalized spacial score (nSPS) is 31.4. The van der Waals surface area contributed by atoms with Crippen LogP contribution in [0.25, 0.3) is 0 Å². The number of nitrogens with one attached hydrogen (secondary N) is 2. The Kier molecular flexibility index (Phi) is 3.78. The minimum atomic E-state index is 0.397. The largest absolute Gasteiger partial charge is 0.318 e. The molecule has 1 aromatic rings. The molecule has 3 heteroatoms. The summed E-state index contributed by atoms with van der Waals surface area (Å²) in [6.45, 7) is 2.10. The van der Waals surface area contributed by atoms with E-state index in [4.69, 9.17) is 5.26 Å². The molecule has 3 atom stereocenters. The van der Waals surface area contributed by atoms with E-state index in [0.29, 0.717) is 11.5 Å². The number of nitriles is 1. The molecule has 0 amide bonds. The predicted molar refractivity (Wildman–Crippen MR) is 80.5 cm³/mol. The molecule has 20 heavy (non-hydrogen) atoms. The van der Waals surface area contributed by atoms with Gasteiger partial charge in [-0.15, -0.1) is 0 Å². The van der Waals surface area contributed by atoms with Crippen molar-refractivity contribution in [2.24, 2.45) is 5.92 Å². The van der Waals surface area contributed by atoms with Gasteiger partial charge in [0.25, 0.3) is 0 Å². The lowest BCUT2D eigenvalue weighted by Gasteiger charge is -2.29. The molecular formula is C17H23N3. The first-order chi connectivity index (χ1) is 9.78. The van der Waals surface area contributed by atoms with Crippen molar-refractivity contribution in [1.82, 2.24) is 10.6 Å². The average Bonchev–Trinajstić information content (AvgIpc) is 3.23. The lowest BCUT2D eigenvalue weighted by atomic mass is 9.80. The van der Waals surface area contributed by atoms with Crippen LogP contribution in [0.5, 0.6) is 0 Å². The number of benzene rings is 1. The van der Waals surface area contributed by atoms with E-state index in [1.807, 2.05) is 19.2 Å². The molecule has 2 aliphatic rings. The second-order valence-corrected chi connectivity index (χ2v) is 6.28. The molecule has 106 valence electrons. The number of likely N-dealkylation sites (N-methyl/N-ethyl adjacent to an activating group) is 1. The zero-order chi connectivity index (χ0) is 14.0. The molecule has 0 saturated heterocycles. The van der Waals surface area contributed by atoms with Crippen LogP contribution in [0.15, 0.2) is 24.3 Å². The predicted octanol–water partition coefficient (Wildman–Crippen LogP) is 2.18. The maximum absolute atomic E-state index is 9.05. The second kappa shape index (κ2) is 5.55. The van der Waals surface area contributed by atoms with E-state index in [1.165, 1.54) is 31.2 Å². The van der Waals surface area contributed by atoms with E-state index in [9.17, 15) is 0 Å². The van der Waals surface area contributed by atoms with Crippen molar-refractivity contribution in [2.75, 3.05) is 20.1 Å². The van der Waals surface area contributed by atoms with Gasteiger partial charge >= 0.3 is 0 Å². The SMILES string of the molecule is CNCCNC1CCC2(c3cccc(C#N)c3)CC2C1. The number of hydrogen-bond donors (Lipinski definition) is 2. The molecule has 0 bridgehead atoms. The first-order valence-corrected chi connectivity index (χ1v) is 7.67. The van der Waals surface area contributed by atoms with E-state index in [-0.39, 0.29) is 0 Å². The summed E-state index contributed by atoms with van der Waals surface area (Å²) in [7, 11) is 2.00. The Morgan fingerprint density at radius 3 is 3.05 bits per heavy atom. The van der Waals surface area contributed by atoms with Gasteiger partial charge in [-0.05, 0) is 61.8 Å². The molecule has 0 heterocycles. The molecule has 0 aromatic heterocycles. The first kappa shape index (κ1) is 13.6. The Morgan fingerprint density at radius 1 is 1.40 bits per heavy atom. The van der Waals surface area contributed by atoms with Gasteiger partial charge in [0, 0.05) is 19.1 Å². The highest BCUT2D eigenvalue weighted by Crippen LogP contribution is 2.62. The van der Waals surface area contributed by atoms with E-state index in [0.717, 1.165) is 24.6 Å². The molecule has 2 fully saturated rings. The molecule has 0 radical (unpaired) electrons. The summed E-state index contributed by atoms with van der Waals surface area (Å²) < 4.78 is 0. The van der Waals surface area contributed by atoms with Crippen LogP contribution in [-0.4, -0.2) is 26.2 Å². The second-order valence-electron chi connectivity index (χ2n) is 6.28. The van der Waals surface area contributed by atoms with Crippen molar-refractivity contribution < 1.29 is 0 Å². The van der Waals surface area contributed by atoms with Gasteiger partial charge < -0.3 is 10.6 Å². The Morgan fingerprint density at radius 2 is 2.30 bits per heavy atom. The minimum absolute atomic E-state index is 0.397. The highest BCUT2D eigenvalue weighted by molar-refractivity contribution is 5.41. The van der Waals surface area contributed by atoms with Crippen LogP contribution in [0, 0.1) is 17.2 Å². The number of fused-ring (bicyclic) bond motifs is 1. The van der Waals surface area contributed by atoms with Crippen molar-refractivity contribution in [3.63, 3.8) is 0 Å². The van der Waals surface area contributed by atoms with Gasteiger partial charge in [0.15, 0.2) is 0 Å². The third kappa shape index (κ3) is 2.46. The van der Waals surface area contributed by atoms with Crippen LogP contribution in [-0.2, 0) is 5.41 Å². The van der Waals surface area contributed by atoms with Crippen LogP contribution in [0.1, 0.15) is 36.8 Å². The van der Waals surface area contributed by atoms with Crippen LogP contribution in [0.2, 0.25) is 0 Å². The highest BCUT2D eigenvalue weighted by atomic mass is 15.0. The highest BCUT2D eigenvalue weighted by Gasteiger charge is 2.57. The summed E-state index contributed by atoms with van der Waals surface area (Å²) in [4.78, 5) is 0. The molecule has 3 rings (SSSR count). The van der Waals surface area contributed by atoms with Crippen molar-refractivity contribution in [3.8, 4) is 6.07 Å². The number of rotatable bonds is 5. The lowest BCUT2D eigenvalue weighted by molar-refractivity contribution is 0.334. The van der Waals surface area contributed by atoms with Gasteiger partial charge in [-0.25, -0.2) is 0 Å². The first-order valence-electron chi connectivity index (χ1n) is 7.67. The van der Waals surface area contributed by atoms with Crippen LogP contribution >= 0.6 is 0 Å². The monoisotopic (exact) mass is 269 g/mol. The van der Waals surface area contributed by atoms with Gasteiger partial charge in [0.2, 0.25) is 0 Å². The molecule has 1 aromatic carbocycles. The fourth-order valence-corrected chi connectivity index (χ4v) is 3.87. The van der Waals surface area contributed by atoms with Crippen molar-refractivity contribution in [3.05, 3.63) is 35.4 Å². The fraction of sp³-hybridized carbons (Fsp3) is 0.588. The van der Waals surface area contributed by atoms with Crippen molar-refractivity contribution in [2.45, 2.75) is 37.1 Å². The van der Waals surface area contributed by atoms with E-state index >= 15 is 0 Å². The standard InChI is InChI=1S/C17H23N3/c1-19-7-8-20-16-5-6-17(11-15(17)10-16)14-4-2-3-13(9-14)12-18/h2-4,9,15-16,19-20H,5-8,10-11H2,1H3. The summed E-state index contributed by atoms with van der Waals surface area (Å²) in [5.41, 5.74) is 2.60. The lowest BCUT2D eigenvalue weighted by Crippen LogP contribution is -2.38. The molecular weight excluding hydrogens is 246 g/mol. The summed E-state index contributed by atoms with van der Waals surface area (Å²) in [5, 5.41) is 15.9. The fourth-order valence-electron chi connectivity index (χ4n) is 3.87. The quantitative estimate of drug-likeness (QED) is 0.806. The van der Waals surface area contributed by atoms with Gasteiger partial charge in [-0.1, -0.05) is 12.1 Å². The number of hydrogen-bond acceptors (Lipinski definition) is 3. The summed E-state index contributed by atoms with van der Waals surface area (Å²) in [6, 6.07) is 11.2. The van der Waals surface area contributed by atoms with Gasteiger partial charge in [-0.3, -0.25) is 0 Å². The smallest absolute Gasteiger partial charge is 0.0991 e.